The summed E-state index contributed by atoms with van der Waals surface area (Å²) in [5.41, 5.74) is 0.462. The van der Waals surface area contributed by atoms with Crippen LogP contribution in [-0.4, -0.2) is 23.8 Å². The molecule has 2 aromatic carbocycles. The molecule has 0 heterocycles. The summed E-state index contributed by atoms with van der Waals surface area (Å²) in [5.74, 6) is -1.18. The fraction of sp³-hybridized carbons (Fsp3) is 0.125. The van der Waals surface area contributed by atoms with E-state index < -0.39 is 16.7 Å². The first-order valence-electron chi connectivity index (χ1n) is 6.97. The van der Waals surface area contributed by atoms with Crippen LogP contribution < -0.4 is 15.4 Å². The second-order valence-corrected chi connectivity index (χ2v) is 4.76. The normalized spacial score (nSPS) is 9.88. The molecule has 0 atom stereocenters. The molecular formula is C16H15N3O5. The van der Waals surface area contributed by atoms with Gasteiger partial charge in [0, 0.05) is 12.6 Å². The van der Waals surface area contributed by atoms with Crippen LogP contribution in [0.15, 0.2) is 48.5 Å². The van der Waals surface area contributed by atoms with Crippen molar-refractivity contribution < 1.29 is 19.2 Å². The van der Waals surface area contributed by atoms with Gasteiger partial charge >= 0.3 is 11.8 Å². The quantitative estimate of drug-likeness (QED) is 0.494. The van der Waals surface area contributed by atoms with Crippen LogP contribution in [0.4, 0.5) is 11.4 Å². The van der Waals surface area contributed by atoms with Crippen molar-refractivity contribution in [2.24, 2.45) is 0 Å². The fourth-order valence-electron chi connectivity index (χ4n) is 1.92. The van der Waals surface area contributed by atoms with E-state index >= 15 is 0 Å². The van der Waals surface area contributed by atoms with Gasteiger partial charge < -0.3 is 15.4 Å². The van der Waals surface area contributed by atoms with Crippen molar-refractivity contribution >= 4 is 23.2 Å². The third-order valence-corrected chi connectivity index (χ3v) is 3.17. The first kappa shape index (κ1) is 16.9. The van der Waals surface area contributed by atoms with Crippen LogP contribution in [0.5, 0.6) is 5.75 Å². The lowest BCUT2D eigenvalue weighted by Crippen LogP contribution is -2.35. The van der Waals surface area contributed by atoms with Gasteiger partial charge in [0.05, 0.1) is 12.0 Å². The van der Waals surface area contributed by atoms with Crippen LogP contribution >= 0.6 is 0 Å². The lowest BCUT2D eigenvalue weighted by molar-refractivity contribution is -0.383. The van der Waals surface area contributed by atoms with Crippen LogP contribution in [0.25, 0.3) is 0 Å². The van der Waals surface area contributed by atoms with Crippen LogP contribution in [0.3, 0.4) is 0 Å². The number of nitro groups is 1. The van der Waals surface area contributed by atoms with E-state index in [0.717, 1.165) is 5.56 Å². The second-order valence-electron chi connectivity index (χ2n) is 4.76. The standard InChI is InChI=1S/C16H15N3O5/c1-24-12-8-6-11(7-9-12)10-17-15(20)16(21)18-13-4-2-3-5-14(13)19(22)23/h2-9H,10H2,1H3,(H,17,20)(H,18,21). The minimum Gasteiger partial charge on any atom is -0.497 e. The number of hydrogen-bond acceptors (Lipinski definition) is 5. The fourth-order valence-corrected chi connectivity index (χ4v) is 1.92. The van der Waals surface area contributed by atoms with E-state index in [2.05, 4.69) is 10.6 Å². The Morgan fingerprint density at radius 1 is 1.08 bits per heavy atom. The molecule has 24 heavy (non-hydrogen) atoms. The number of nitrogens with one attached hydrogen (secondary N) is 2. The summed E-state index contributed by atoms with van der Waals surface area (Å²) in [4.78, 5) is 33.9. The molecule has 8 nitrogen and oxygen atoms in total. The topological polar surface area (TPSA) is 111 Å². The first-order chi connectivity index (χ1) is 11.5. The molecule has 0 saturated carbocycles. The molecule has 0 spiro atoms. The Morgan fingerprint density at radius 2 is 1.75 bits per heavy atom. The highest BCUT2D eigenvalue weighted by atomic mass is 16.6. The maximum absolute atomic E-state index is 11.8. The predicted octanol–water partition coefficient (Wildman–Crippen LogP) is 1.86. The molecule has 124 valence electrons. The van der Waals surface area contributed by atoms with Crippen molar-refractivity contribution in [2.75, 3.05) is 12.4 Å². The molecular weight excluding hydrogens is 314 g/mol. The second kappa shape index (κ2) is 7.73. The van der Waals surface area contributed by atoms with Crippen molar-refractivity contribution in [1.82, 2.24) is 5.32 Å². The van der Waals surface area contributed by atoms with Crippen molar-refractivity contribution in [3.8, 4) is 5.75 Å². The summed E-state index contributed by atoms with van der Waals surface area (Å²) in [7, 11) is 1.55. The number of benzene rings is 2. The van der Waals surface area contributed by atoms with Gasteiger partial charge in [-0.05, 0) is 23.8 Å². The van der Waals surface area contributed by atoms with Gasteiger partial charge in [-0.1, -0.05) is 24.3 Å². The van der Waals surface area contributed by atoms with Gasteiger partial charge in [-0.3, -0.25) is 19.7 Å². The third kappa shape index (κ3) is 4.29. The number of nitrogens with zero attached hydrogens (tertiary/aromatic N) is 1. The van der Waals surface area contributed by atoms with Crippen LogP contribution in [0, 0.1) is 10.1 Å². The Morgan fingerprint density at radius 3 is 2.38 bits per heavy atom. The number of amides is 2. The minimum absolute atomic E-state index is 0.0351. The highest BCUT2D eigenvalue weighted by Crippen LogP contribution is 2.22. The molecule has 0 fully saturated rings. The Bertz CT molecular complexity index is 759. The smallest absolute Gasteiger partial charge is 0.313 e. The van der Waals surface area contributed by atoms with Gasteiger partial charge in [0.25, 0.3) is 5.69 Å². The molecule has 0 bridgehead atoms. The molecule has 2 rings (SSSR count). The van der Waals surface area contributed by atoms with E-state index in [-0.39, 0.29) is 17.9 Å². The number of ether oxygens (including phenoxy) is 1. The van der Waals surface area contributed by atoms with Crippen LogP contribution in [-0.2, 0) is 16.1 Å². The van der Waals surface area contributed by atoms with E-state index in [4.69, 9.17) is 4.74 Å². The van der Waals surface area contributed by atoms with E-state index in [9.17, 15) is 19.7 Å². The van der Waals surface area contributed by atoms with Crippen LogP contribution in [0.1, 0.15) is 5.56 Å². The van der Waals surface area contributed by atoms with Crippen molar-refractivity contribution in [2.45, 2.75) is 6.54 Å². The molecule has 2 N–H and O–H groups in total. The number of rotatable bonds is 5. The molecule has 2 amide bonds. The zero-order valence-corrected chi connectivity index (χ0v) is 12.8. The van der Waals surface area contributed by atoms with Gasteiger partial charge in [0.15, 0.2) is 0 Å². The van der Waals surface area contributed by atoms with Gasteiger partial charge in [-0.25, -0.2) is 0 Å². The number of anilines is 1. The number of nitro benzene ring substituents is 1. The van der Waals surface area contributed by atoms with Gasteiger partial charge in [0.2, 0.25) is 0 Å². The molecule has 0 unspecified atom stereocenters. The van der Waals surface area contributed by atoms with E-state index in [1.165, 1.54) is 24.3 Å². The average molecular weight is 329 g/mol. The monoisotopic (exact) mass is 329 g/mol. The zero-order valence-electron chi connectivity index (χ0n) is 12.8. The summed E-state index contributed by atoms with van der Waals surface area (Å²) >= 11 is 0. The minimum atomic E-state index is -0.974. The number of hydrogen-bond donors (Lipinski definition) is 2. The van der Waals surface area contributed by atoms with Gasteiger partial charge in [-0.15, -0.1) is 0 Å². The Labute approximate surface area is 137 Å². The van der Waals surface area contributed by atoms with Crippen molar-refractivity contribution in [3.05, 3.63) is 64.2 Å². The number of para-hydroxylation sites is 2. The average Bonchev–Trinajstić information content (AvgIpc) is 2.60. The predicted molar refractivity (Wildman–Crippen MR) is 86.6 cm³/mol. The van der Waals surface area contributed by atoms with E-state index in [1.807, 2.05) is 0 Å². The Kier molecular flexibility index (Phi) is 5.45. The molecule has 0 aliphatic rings. The number of methoxy groups -OCH3 is 1. The molecule has 0 aromatic heterocycles. The molecule has 2 aromatic rings. The zero-order chi connectivity index (χ0) is 17.5. The largest absolute Gasteiger partial charge is 0.497 e. The van der Waals surface area contributed by atoms with Crippen LogP contribution in [0.2, 0.25) is 0 Å². The molecule has 8 heteroatoms. The van der Waals surface area contributed by atoms with Crippen molar-refractivity contribution in [1.29, 1.82) is 0 Å². The summed E-state index contributed by atoms with van der Waals surface area (Å²) in [6, 6.07) is 12.6. The number of carbonyl (C=O) groups is 2. The summed E-state index contributed by atoms with van der Waals surface area (Å²) < 4.78 is 5.02. The lowest BCUT2D eigenvalue weighted by atomic mass is 10.2. The summed E-state index contributed by atoms with van der Waals surface area (Å²) in [5, 5.41) is 15.6. The highest BCUT2D eigenvalue weighted by molar-refractivity contribution is 6.39. The maximum atomic E-state index is 11.8. The van der Waals surface area contributed by atoms with E-state index in [1.54, 1.807) is 31.4 Å². The molecule has 0 aliphatic carbocycles. The summed E-state index contributed by atoms with van der Waals surface area (Å²) in [6.07, 6.45) is 0. The molecule has 0 radical (unpaired) electrons. The third-order valence-electron chi connectivity index (χ3n) is 3.17. The summed E-state index contributed by atoms with van der Waals surface area (Å²) in [6.45, 7) is 0.146. The highest BCUT2D eigenvalue weighted by Gasteiger charge is 2.19. The van der Waals surface area contributed by atoms with E-state index in [0.29, 0.717) is 5.75 Å². The molecule has 0 aliphatic heterocycles. The maximum Gasteiger partial charge on any atom is 0.313 e. The van der Waals surface area contributed by atoms with Gasteiger partial charge in [-0.2, -0.15) is 0 Å². The molecule has 0 saturated heterocycles. The lowest BCUT2D eigenvalue weighted by Gasteiger charge is -2.07. The Hall–Kier alpha value is -3.42. The van der Waals surface area contributed by atoms with Crippen molar-refractivity contribution in [3.63, 3.8) is 0 Å². The Balaban J connectivity index is 1.95. The SMILES string of the molecule is COc1ccc(CNC(=O)C(=O)Nc2ccccc2[N+](=O)[O-])cc1. The van der Waals surface area contributed by atoms with Gasteiger partial charge in [0.1, 0.15) is 11.4 Å². The first-order valence-corrected chi connectivity index (χ1v) is 6.97. The number of carbonyl (C=O) groups excluding carboxylic acids is 2.